The van der Waals surface area contributed by atoms with Crippen molar-refractivity contribution in [2.24, 2.45) is 7.05 Å². The third-order valence-electron chi connectivity index (χ3n) is 3.29. The maximum Gasteiger partial charge on any atom is 0.288 e. The van der Waals surface area contributed by atoms with Crippen LogP contribution < -0.4 is 5.32 Å². The Kier molecular flexibility index (Phi) is 4.17. The Hall–Kier alpha value is -2.17. The van der Waals surface area contributed by atoms with E-state index < -0.39 is 0 Å². The van der Waals surface area contributed by atoms with E-state index in [-0.39, 0.29) is 11.8 Å². The van der Waals surface area contributed by atoms with Gasteiger partial charge in [0, 0.05) is 13.6 Å². The first kappa shape index (κ1) is 14.2. The van der Waals surface area contributed by atoms with Crippen LogP contribution in [-0.4, -0.2) is 27.2 Å². The lowest BCUT2D eigenvalue weighted by atomic mass is 10.00. The van der Waals surface area contributed by atoms with Gasteiger partial charge in [-0.2, -0.15) is 5.10 Å². The lowest BCUT2D eigenvalue weighted by Gasteiger charge is -2.13. The van der Waals surface area contributed by atoms with Gasteiger partial charge in [0.15, 0.2) is 0 Å². The first-order valence-corrected chi connectivity index (χ1v) is 6.69. The van der Waals surface area contributed by atoms with Crippen molar-refractivity contribution in [3.8, 4) is 0 Å². The molecule has 20 heavy (non-hydrogen) atoms. The monoisotopic (exact) mass is 272 g/mol. The highest BCUT2D eigenvalue weighted by atomic mass is 16.2. The summed E-state index contributed by atoms with van der Waals surface area (Å²) in [7, 11) is 1.72. The van der Waals surface area contributed by atoms with Crippen LogP contribution in [0, 0.1) is 13.8 Å². The van der Waals surface area contributed by atoms with Gasteiger partial charge in [-0.3, -0.25) is 4.79 Å². The van der Waals surface area contributed by atoms with Gasteiger partial charge in [-0.05, 0) is 25.3 Å². The number of benzene rings is 1. The number of carbonyl (C=O) groups is 1. The molecule has 0 aliphatic rings. The molecule has 1 amide bonds. The minimum atomic E-state index is -0.188. The van der Waals surface area contributed by atoms with E-state index >= 15 is 0 Å². The number of aryl methyl sites for hydroxylation is 3. The fraction of sp³-hybridized carbons (Fsp3) is 0.400. The Morgan fingerprint density at radius 2 is 1.95 bits per heavy atom. The van der Waals surface area contributed by atoms with Gasteiger partial charge in [0.05, 0.1) is 0 Å². The van der Waals surface area contributed by atoms with Crippen LogP contribution in [-0.2, 0) is 7.05 Å². The molecule has 0 bridgehead atoms. The molecule has 5 heteroatoms. The summed E-state index contributed by atoms with van der Waals surface area (Å²) in [6.07, 6.45) is 0. The zero-order valence-electron chi connectivity index (χ0n) is 12.3. The standard InChI is InChI=1S/C15H20N4O/c1-10-5-7-13(8-6-10)11(2)9-16-15(20)14-17-12(3)18-19(14)4/h5-8,11H,9H2,1-4H3,(H,16,20). The molecule has 1 atom stereocenters. The molecule has 0 aliphatic carbocycles. The number of hydrogen-bond donors (Lipinski definition) is 1. The van der Waals surface area contributed by atoms with Crippen molar-refractivity contribution in [1.82, 2.24) is 20.1 Å². The minimum Gasteiger partial charge on any atom is -0.349 e. The predicted octanol–water partition coefficient (Wildman–Crippen LogP) is 1.97. The first-order valence-electron chi connectivity index (χ1n) is 6.69. The van der Waals surface area contributed by atoms with E-state index in [9.17, 15) is 4.79 Å². The average Bonchev–Trinajstić information content (AvgIpc) is 2.75. The molecule has 2 aromatic rings. The highest BCUT2D eigenvalue weighted by Gasteiger charge is 2.14. The van der Waals surface area contributed by atoms with Gasteiger partial charge in [-0.1, -0.05) is 36.8 Å². The van der Waals surface area contributed by atoms with E-state index in [0.29, 0.717) is 18.2 Å². The van der Waals surface area contributed by atoms with E-state index in [2.05, 4.69) is 53.5 Å². The zero-order chi connectivity index (χ0) is 14.7. The molecule has 0 saturated heterocycles. The molecule has 1 heterocycles. The SMILES string of the molecule is Cc1ccc(C(C)CNC(=O)c2nc(C)nn2C)cc1. The van der Waals surface area contributed by atoms with Crippen LogP contribution in [0.5, 0.6) is 0 Å². The lowest BCUT2D eigenvalue weighted by Crippen LogP contribution is -2.29. The van der Waals surface area contributed by atoms with Crippen LogP contribution in [0.25, 0.3) is 0 Å². The second-order valence-electron chi connectivity index (χ2n) is 5.13. The largest absolute Gasteiger partial charge is 0.349 e. The van der Waals surface area contributed by atoms with Gasteiger partial charge in [0.2, 0.25) is 5.82 Å². The van der Waals surface area contributed by atoms with E-state index in [1.807, 2.05) is 0 Å². The number of hydrogen-bond acceptors (Lipinski definition) is 3. The fourth-order valence-corrected chi connectivity index (χ4v) is 2.05. The summed E-state index contributed by atoms with van der Waals surface area (Å²) < 4.78 is 1.50. The van der Waals surface area contributed by atoms with Gasteiger partial charge in [0.1, 0.15) is 5.82 Å². The molecule has 0 radical (unpaired) electrons. The molecule has 0 aliphatic heterocycles. The van der Waals surface area contributed by atoms with Crippen LogP contribution in [0.15, 0.2) is 24.3 Å². The Bertz CT molecular complexity index is 601. The lowest BCUT2D eigenvalue weighted by molar-refractivity contribution is 0.0937. The fourth-order valence-electron chi connectivity index (χ4n) is 2.05. The molecule has 0 spiro atoms. The van der Waals surface area contributed by atoms with Crippen molar-refractivity contribution >= 4 is 5.91 Å². The van der Waals surface area contributed by atoms with Crippen LogP contribution in [0.1, 0.15) is 40.4 Å². The Morgan fingerprint density at radius 1 is 1.30 bits per heavy atom. The third kappa shape index (κ3) is 3.23. The van der Waals surface area contributed by atoms with Crippen molar-refractivity contribution in [2.45, 2.75) is 26.7 Å². The Balaban J connectivity index is 1.96. The van der Waals surface area contributed by atoms with Crippen LogP contribution >= 0.6 is 0 Å². The number of rotatable bonds is 4. The maximum atomic E-state index is 12.0. The molecular formula is C15H20N4O. The van der Waals surface area contributed by atoms with E-state index in [1.165, 1.54) is 15.8 Å². The summed E-state index contributed by atoms with van der Waals surface area (Å²) >= 11 is 0. The van der Waals surface area contributed by atoms with Gasteiger partial charge >= 0.3 is 0 Å². The quantitative estimate of drug-likeness (QED) is 0.925. The Labute approximate surface area is 119 Å². The van der Waals surface area contributed by atoms with Crippen molar-refractivity contribution in [3.05, 3.63) is 47.0 Å². The molecule has 2 rings (SSSR count). The molecule has 0 fully saturated rings. The van der Waals surface area contributed by atoms with Crippen molar-refractivity contribution in [1.29, 1.82) is 0 Å². The van der Waals surface area contributed by atoms with Crippen LogP contribution in [0.4, 0.5) is 0 Å². The predicted molar refractivity (Wildman–Crippen MR) is 77.7 cm³/mol. The van der Waals surface area contributed by atoms with E-state index in [1.54, 1.807) is 14.0 Å². The summed E-state index contributed by atoms with van der Waals surface area (Å²) in [4.78, 5) is 16.1. The summed E-state index contributed by atoms with van der Waals surface area (Å²) in [5.74, 6) is 1.02. The van der Waals surface area contributed by atoms with Crippen molar-refractivity contribution in [3.63, 3.8) is 0 Å². The highest BCUT2D eigenvalue weighted by Crippen LogP contribution is 2.14. The molecule has 1 unspecified atom stereocenters. The average molecular weight is 272 g/mol. The minimum absolute atomic E-state index is 0.188. The number of nitrogens with one attached hydrogen (secondary N) is 1. The number of amides is 1. The van der Waals surface area contributed by atoms with Gasteiger partial charge in [-0.25, -0.2) is 9.67 Å². The van der Waals surface area contributed by atoms with E-state index in [0.717, 1.165) is 0 Å². The summed E-state index contributed by atoms with van der Waals surface area (Å²) in [6, 6.07) is 8.36. The molecule has 0 saturated carbocycles. The summed E-state index contributed by atoms with van der Waals surface area (Å²) in [6.45, 7) is 6.50. The second kappa shape index (κ2) is 5.86. The molecule has 1 aromatic carbocycles. The van der Waals surface area contributed by atoms with Gasteiger partial charge in [0.25, 0.3) is 5.91 Å². The van der Waals surface area contributed by atoms with Gasteiger partial charge < -0.3 is 5.32 Å². The van der Waals surface area contributed by atoms with Crippen LogP contribution in [0.2, 0.25) is 0 Å². The smallest absolute Gasteiger partial charge is 0.288 e. The summed E-state index contributed by atoms with van der Waals surface area (Å²) in [5, 5.41) is 6.98. The number of carbonyl (C=O) groups excluding carboxylic acids is 1. The molecule has 5 nitrogen and oxygen atoms in total. The van der Waals surface area contributed by atoms with Crippen molar-refractivity contribution in [2.75, 3.05) is 6.54 Å². The number of nitrogens with zero attached hydrogens (tertiary/aromatic N) is 3. The number of aromatic nitrogens is 3. The normalized spacial score (nSPS) is 12.2. The van der Waals surface area contributed by atoms with Gasteiger partial charge in [-0.15, -0.1) is 0 Å². The first-order chi connectivity index (χ1) is 9.47. The second-order valence-corrected chi connectivity index (χ2v) is 5.13. The van der Waals surface area contributed by atoms with Crippen LogP contribution in [0.3, 0.4) is 0 Å². The molecule has 106 valence electrons. The summed E-state index contributed by atoms with van der Waals surface area (Å²) in [5.41, 5.74) is 2.45. The molecule has 1 aromatic heterocycles. The highest BCUT2D eigenvalue weighted by molar-refractivity contribution is 5.90. The zero-order valence-corrected chi connectivity index (χ0v) is 12.3. The topological polar surface area (TPSA) is 59.8 Å². The maximum absolute atomic E-state index is 12.0. The van der Waals surface area contributed by atoms with Crippen molar-refractivity contribution < 1.29 is 4.79 Å². The molecular weight excluding hydrogens is 252 g/mol. The Morgan fingerprint density at radius 3 is 2.50 bits per heavy atom. The third-order valence-corrected chi connectivity index (χ3v) is 3.29. The molecule has 1 N–H and O–H groups in total. The van der Waals surface area contributed by atoms with E-state index in [4.69, 9.17) is 0 Å².